The van der Waals surface area contributed by atoms with E-state index in [0.717, 1.165) is 32.5 Å². The molecular weight excluding hydrogens is 200 g/mol. The van der Waals surface area contributed by atoms with Gasteiger partial charge in [-0.1, -0.05) is 13.3 Å². The lowest BCUT2D eigenvalue weighted by molar-refractivity contribution is -0.122. The molecule has 1 amide bonds. The Balaban J connectivity index is 1.63. The van der Waals surface area contributed by atoms with Gasteiger partial charge in [0.15, 0.2) is 0 Å². The molecule has 3 nitrogen and oxygen atoms in total. The smallest absolute Gasteiger partial charge is 0.220 e. The lowest BCUT2D eigenvalue weighted by Crippen LogP contribution is -2.31. The van der Waals surface area contributed by atoms with Crippen LogP contribution in [-0.4, -0.2) is 25.5 Å². The summed E-state index contributed by atoms with van der Waals surface area (Å²) < 4.78 is 0. The van der Waals surface area contributed by atoms with E-state index in [4.69, 9.17) is 0 Å². The molecule has 92 valence electrons. The van der Waals surface area contributed by atoms with Gasteiger partial charge in [-0.05, 0) is 50.1 Å². The van der Waals surface area contributed by atoms with Gasteiger partial charge in [-0.2, -0.15) is 0 Å². The molecule has 2 rings (SSSR count). The second kappa shape index (κ2) is 5.17. The van der Waals surface area contributed by atoms with Crippen molar-refractivity contribution in [2.75, 3.05) is 19.6 Å². The molecule has 0 aromatic rings. The van der Waals surface area contributed by atoms with Gasteiger partial charge in [0.25, 0.3) is 0 Å². The molecule has 0 bridgehead atoms. The number of carbonyl (C=O) groups is 1. The summed E-state index contributed by atoms with van der Waals surface area (Å²) in [6, 6.07) is 0. The summed E-state index contributed by atoms with van der Waals surface area (Å²) in [5, 5.41) is 6.43. The van der Waals surface area contributed by atoms with Crippen molar-refractivity contribution < 1.29 is 4.79 Å². The zero-order valence-corrected chi connectivity index (χ0v) is 10.3. The van der Waals surface area contributed by atoms with E-state index in [1.807, 2.05) is 0 Å². The standard InChI is InChI=1S/C13H24N2O/c1-2-4-13(5-6-13)10-15-12(16)8-11-3-7-14-9-11/h11,14H,2-10H2,1H3,(H,15,16). The molecule has 16 heavy (non-hydrogen) atoms. The first-order chi connectivity index (χ1) is 7.74. The van der Waals surface area contributed by atoms with Gasteiger partial charge in [-0.25, -0.2) is 0 Å². The third-order valence-corrected chi connectivity index (χ3v) is 4.03. The Hall–Kier alpha value is -0.570. The van der Waals surface area contributed by atoms with Gasteiger partial charge in [0, 0.05) is 13.0 Å². The van der Waals surface area contributed by atoms with Crippen LogP contribution in [0.4, 0.5) is 0 Å². The molecule has 0 aromatic carbocycles. The van der Waals surface area contributed by atoms with Crippen molar-refractivity contribution in [1.29, 1.82) is 0 Å². The molecule has 1 aliphatic heterocycles. The summed E-state index contributed by atoms with van der Waals surface area (Å²) in [7, 11) is 0. The number of hydrogen-bond acceptors (Lipinski definition) is 2. The van der Waals surface area contributed by atoms with E-state index in [1.54, 1.807) is 0 Å². The number of hydrogen-bond donors (Lipinski definition) is 2. The topological polar surface area (TPSA) is 41.1 Å². The minimum atomic E-state index is 0.260. The zero-order valence-electron chi connectivity index (χ0n) is 10.3. The number of nitrogens with one attached hydrogen (secondary N) is 2. The molecule has 3 heteroatoms. The van der Waals surface area contributed by atoms with Crippen LogP contribution in [0.25, 0.3) is 0 Å². The van der Waals surface area contributed by atoms with Crippen molar-refractivity contribution in [1.82, 2.24) is 10.6 Å². The fraction of sp³-hybridized carbons (Fsp3) is 0.923. The minimum absolute atomic E-state index is 0.260. The highest BCUT2D eigenvalue weighted by atomic mass is 16.1. The van der Waals surface area contributed by atoms with Gasteiger partial charge >= 0.3 is 0 Å². The largest absolute Gasteiger partial charge is 0.356 e. The lowest BCUT2D eigenvalue weighted by Gasteiger charge is -2.16. The maximum absolute atomic E-state index is 11.7. The Morgan fingerprint density at radius 3 is 2.88 bits per heavy atom. The van der Waals surface area contributed by atoms with E-state index in [9.17, 15) is 4.79 Å². The van der Waals surface area contributed by atoms with Crippen LogP contribution in [0.1, 0.15) is 45.4 Å². The van der Waals surface area contributed by atoms with Crippen LogP contribution < -0.4 is 10.6 Å². The van der Waals surface area contributed by atoms with E-state index in [0.29, 0.717) is 11.3 Å². The number of amides is 1. The molecule has 1 saturated carbocycles. The summed E-state index contributed by atoms with van der Waals surface area (Å²) in [4.78, 5) is 11.7. The summed E-state index contributed by atoms with van der Waals surface area (Å²) in [6.45, 7) is 5.25. The van der Waals surface area contributed by atoms with Crippen LogP contribution in [0.5, 0.6) is 0 Å². The fourth-order valence-corrected chi connectivity index (χ4v) is 2.73. The molecule has 1 heterocycles. The normalized spacial score (nSPS) is 26.7. The van der Waals surface area contributed by atoms with E-state index in [1.165, 1.54) is 25.7 Å². The van der Waals surface area contributed by atoms with Crippen molar-refractivity contribution in [2.45, 2.75) is 45.4 Å². The highest BCUT2D eigenvalue weighted by Crippen LogP contribution is 2.48. The average Bonchev–Trinajstić information content (AvgIpc) is 2.83. The van der Waals surface area contributed by atoms with E-state index >= 15 is 0 Å². The zero-order chi connectivity index (χ0) is 11.4. The monoisotopic (exact) mass is 224 g/mol. The minimum Gasteiger partial charge on any atom is -0.356 e. The predicted molar refractivity (Wildman–Crippen MR) is 65.2 cm³/mol. The van der Waals surface area contributed by atoms with Crippen molar-refractivity contribution in [2.24, 2.45) is 11.3 Å². The SMILES string of the molecule is CCCC1(CNC(=O)CC2CCNC2)CC1. The number of carbonyl (C=O) groups excluding carboxylic acids is 1. The molecule has 2 N–H and O–H groups in total. The fourth-order valence-electron chi connectivity index (χ4n) is 2.73. The van der Waals surface area contributed by atoms with Gasteiger partial charge in [0.2, 0.25) is 5.91 Å². The first-order valence-corrected chi connectivity index (χ1v) is 6.71. The molecular formula is C13H24N2O. The Kier molecular flexibility index (Phi) is 3.85. The van der Waals surface area contributed by atoms with Crippen LogP contribution in [0, 0.1) is 11.3 Å². The number of rotatable bonds is 6. The van der Waals surface area contributed by atoms with Gasteiger partial charge in [0.1, 0.15) is 0 Å². The average molecular weight is 224 g/mol. The second-order valence-electron chi connectivity index (χ2n) is 5.59. The Labute approximate surface area is 98.4 Å². The summed E-state index contributed by atoms with van der Waals surface area (Å²) in [5.41, 5.74) is 0.484. The molecule has 1 aliphatic carbocycles. The Morgan fingerprint density at radius 2 is 2.31 bits per heavy atom. The highest BCUT2D eigenvalue weighted by Gasteiger charge is 2.41. The third kappa shape index (κ3) is 3.21. The van der Waals surface area contributed by atoms with Crippen LogP contribution in [0.2, 0.25) is 0 Å². The van der Waals surface area contributed by atoms with Crippen LogP contribution in [0.3, 0.4) is 0 Å². The van der Waals surface area contributed by atoms with Crippen molar-refractivity contribution in [3.8, 4) is 0 Å². The van der Waals surface area contributed by atoms with Gasteiger partial charge in [-0.3, -0.25) is 4.79 Å². The predicted octanol–water partition coefficient (Wildman–Crippen LogP) is 1.68. The lowest BCUT2D eigenvalue weighted by atomic mass is 10.00. The van der Waals surface area contributed by atoms with E-state index in [2.05, 4.69) is 17.6 Å². The van der Waals surface area contributed by atoms with Crippen molar-refractivity contribution in [3.63, 3.8) is 0 Å². The van der Waals surface area contributed by atoms with E-state index in [-0.39, 0.29) is 5.91 Å². The summed E-state index contributed by atoms with van der Waals surface area (Å²) in [5.74, 6) is 0.831. The Bertz CT molecular complexity index is 242. The molecule has 0 spiro atoms. The maximum Gasteiger partial charge on any atom is 0.220 e. The summed E-state index contributed by atoms with van der Waals surface area (Å²) in [6.07, 6.45) is 7.02. The molecule has 1 unspecified atom stereocenters. The molecule has 1 atom stereocenters. The second-order valence-corrected chi connectivity index (χ2v) is 5.59. The summed E-state index contributed by atoms with van der Waals surface area (Å²) >= 11 is 0. The first kappa shape index (κ1) is 11.9. The quantitative estimate of drug-likeness (QED) is 0.721. The molecule has 0 aromatic heterocycles. The van der Waals surface area contributed by atoms with Gasteiger partial charge in [0.05, 0.1) is 0 Å². The van der Waals surface area contributed by atoms with E-state index < -0.39 is 0 Å². The molecule has 2 aliphatic rings. The van der Waals surface area contributed by atoms with Gasteiger partial charge in [-0.15, -0.1) is 0 Å². The Morgan fingerprint density at radius 1 is 1.50 bits per heavy atom. The third-order valence-electron chi connectivity index (χ3n) is 4.03. The van der Waals surface area contributed by atoms with Crippen molar-refractivity contribution in [3.05, 3.63) is 0 Å². The molecule has 2 fully saturated rings. The van der Waals surface area contributed by atoms with Crippen LogP contribution in [-0.2, 0) is 4.79 Å². The molecule has 1 saturated heterocycles. The highest BCUT2D eigenvalue weighted by molar-refractivity contribution is 5.76. The first-order valence-electron chi connectivity index (χ1n) is 6.71. The van der Waals surface area contributed by atoms with Gasteiger partial charge < -0.3 is 10.6 Å². The van der Waals surface area contributed by atoms with Crippen LogP contribution in [0.15, 0.2) is 0 Å². The molecule has 0 radical (unpaired) electrons. The van der Waals surface area contributed by atoms with Crippen LogP contribution >= 0.6 is 0 Å². The van der Waals surface area contributed by atoms with Crippen molar-refractivity contribution >= 4 is 5.91 Å². The maximum atomic E-state index is 11.7.